The van der Waals surface area contributed by atoms with Crippen molar-refractivity contribution in [3.05, 3.63) is 52.0 Å². The highest BCUT2D eigenvalue weighted by atomic mass is 35.5. The maximum Gasteiger partial charge on any atom is 0.443 e. The molecule has 3 nitrogen and oxygen atoms in total. The highest BCUT2D eigenvalue weighted by Crippen LogP contribution is 2.35. The Bertz CT molecular complexity index is 648. The van der Waals surface area contributed by atoms with Crippen LogP contribution >= 0.6 is 23.7 Å². The number of thiazole rings is 1. The van der Waals surface area contributed by atoms with Gasteiger partial charge in [0.15, 0.2) is 5.01 Å². The minimum atomic E-state index is -4.36. The molecule has 0 radical (unpaired) electrons. The van der Waals surface area contributed by atoms with Gasteiger partial charge >= 0.3 is 6.18 Å². The summed E-state index contributed by atoms with van der Waals surface area (Å²) in [7, 11) is 0. The van der Waals surface area contributed by atoms with Crippen LogP contribution in [0, 0.1) is 5.92 Å². The molecule has 1 aromatic carbocycles. The number of hydrogen-bond acceptors (Lipinski definition) is 4. The molecule has 24 heavy (non-hydrogen) atoms. The molecule has 2 N–H and O–H groups in total. The molecule has 0 saturated carbocycles. The molecule has 2 atom stereocenters. The van der Waals surface area contributed by atoms with Gasteiger partial charge in [0, 0.05) is 36.6 Å². The number of nitrogens with zero attached hydrogens (tertiary/aromatic N) is 2. The van der Waals surface area contributed by atoms with E-state index in [1.165, 1.54) is 11.8 Å². The Morgan fingerprint density at radius 1 is 1.21 bits per heavy atom. The monoisotopic (exact) mass is 377 g/mol. The van der Waals surface area contributed by atoms with Crippen molar-refractivity contribution in [3.8, 4) is 0 Å². The van der Waals surface area contributed by atoms with E-state index in [-0.39, 0.29) is 12.4 Å². The smallest absolute Gasteiger partial charge is 0.330 e. The number of rotatable bonds is 4. The van der Waals surface area contributed by atoms with Crippen LogP contribution in [0.2, 0.25) is 0 Å². The molecular weight excluding hydrogens is 359 g/mol. The van der Waals surface area contributed by atoms with Gasteiger partial charge in [0.1, 0.15) is 0 Å². The molecule has 0 unspecified atom stereocenters. The number of aromatic nitrogens is 1. The molecule has 1 fully saturated rings. The van der Waals surface area contributed by atoms with Crippen LogP contribution in [0.1, 0.15) is 21.4 Å². The van der Waals surface area contributed by atoms with Crippen LogP contribution in [0.4, 0.5) is 13.2 Å². The summed E-state index contributed by atoms with van der Waals surface area (Å²) in [5.41, 5.74) is 7.13. The van der Waals surface area contributed by atoms with E-state index < -0.39 is 11.2 Å². The Balaban J connectivity index is 0.00000208. The molecule has 2 aromatic rings. The van der Waals surface area contributed by atoms with Gasteiger partial charge in [-0.15, -0.1) is 23.7 Å². The van der Waals surface area contributed by atoms with Crippen LogP contribution in [-0.2, 0) is 12.7 Å². The van der Waals surface area contributed by atoms with Crippen LogP contribution < -0.4 is 5.73 Å². The van der Waals surface area contributed by atoms with Gasteiger partial charge in [-0.3, -0.25) is 4.90 Å². The number of alkyl halides is 3. The second-order valence-electron chi connectivity index (χ2n) is 5.84. The van der Waals surface area contributed by atoms with Crippen molar-refractivity contribution < 1.29 is 13.2 Å². The largest absolute Gasteiger partial charge is 0.443 e. The maximum atomic E-state index is 12.6. The van der Waals surface area contributed by atoms with Crippen LogP contribution in [0.15, 0.2) is 36.5 Å². The van der Waals surface area contributed by atoms with E-state index in [0.29, 0.717) is 29.8 Å². The van der Waals surface area contributed by atoms with Gasteiger partial charge < -0.3 is 5.73 Å². The highest BCUT2D eigenvalue weighted by molar-refractivity contribution is 7.11. The third-order valence-corrected chi connectivity index (χ3v) is 5.25. The van der Waals surface area contributed by atoms with E-state index in [0.717, 1.165) is 24.4 Å². The van der Waals surface area contributed by atoms with Gasteiger partial charge in [-0.25, -0.2) is 4.98 Å². The summed E-state index contributed by atoms with van der Waals surface area (Å²) < 4.78 is 37.9. The molecule has 1 aliphatic heterocycles. The van der Waals surface area contributed by atoms with E-state index in [9.17, 15) is 13.2 Å². The topological polar surface area (TPSA) is 42.1 Å². The van der Waals surface area contributed by atoms with E-state index in [1.807, 2.05) is 18.2 Å². The van der Waals surface area contributed by atoms with E-state index in [4.69, 9.17) is 5.73 Å². The lowest BCUT2D eigenvalue weighted by atomic mass is 9.89. The first-order valence-electron chi connectivity index (χ1n) is 7.46. The highest BCUT2D eigenvalue weighted by Gasteiger charge is 2.36. The summed E-state index contributed by atoms with van der Waals surface area (Å²) in [6.45, 7) is 2.68. The zero-order valence-electron chi connectivity index (χ0n) is 12.9. The van der Waals surface area contributed by atoms with E-state index in [1.54, 1.807) is 0 Å². The lowest BCUT2D eigenvalue weighted by Crippen LogP contribution is -2.22. The summed E-state index contributed by atoms with van der Waals surface area (Å²) in [5.74, 6) is 0.656. The molecule has 3 rings (SSSR count). The standard InChI is InChI=1S/C16H18F3N3S.ClH/c17-16(18,19)15-21-7-13(23-15)9-22-8-12(6-20)14(10-22)11-4-2-1-3-5-11;/h1-5,7,12,14H,6,8-10,20H2;1H/t12-,14+;/m1./s1. The summed E-state index contributed by atoms with van der Waals surface area (Å²) in [6, 6.07) is 10.2. The first-order valence-corrected chi connectivity index (χ1v) is 8.28. The molecular formula is C16H19ClF3N3S. The van der Waals surface area contributed by atoms with Gasteiger partial charge in [-0.1, -0.05) is 30.3 Å². The minimum Gasteiger partial charge on any atom is -0.330 e. The predicted octanol–water partition coefficient (Wildman–Crippen LogP) is 3.76. The van der Waals surface area contributed by atoms with Gasteiger partial charge in [-0.2, -0.15) is 13.2 Å². The Morgan fingerprint density at radius 3 is 2.50 bits per heavy atom. The molecule has 0 bridgehead atoms. The molecule has 8 heteroatoms. The van der Waals surface area contributed by atoms with Crippen molar-refractivity contribution in [2.45, 2.75) is 18.6 Å². The zero-order valence-corrected chi connectivity index (χ0v) is 14.5. The average Bonchev–Trinajstić information content (AvgIpc) is 3.15. The molecule has 1 saturated heterocycles. The Kier molecular flexibility index (Phi) is 6.25. The quantitative estimate of drug-likeness (QED) is 0.882. The van der Waals surface area contributed by atoms with E-state index >= 15 is 0 Å². The predicted molar refractivity (Wildman–Crippen MR) is 91.4 cm³/mol. The fraction of sp³-hybridized carbons (Fsp3) is 0.438. The Labute approximate surface area is 149 Å². The van der Waals surface area contributed by atoms with Crippen LogP contribution in [-0.4, -0.2) is 29.5 Å². The normalized spacial score (nSPS) is 21.7. The number of likely N-dealkylation sites (tertiary alicyclic amines) is 1. The molecule has 1 aromatic heterocycles. The van der Waals surface area contributed by atoms with Crippen LogP contribution in [0.3, 0.4) is 0 Å². The van der Waals surface area contributed by atoms with E-state index in [2.05, 4.69) is 22.0 Å². The van der Waals surface area contributed by atoms with Crippen LogP contribution in [0.5, 0.6) is 0 Å². The minimum absolute atomic E-state index is 0. The first kappa shape index (κ1) is 19.2. The van der Waals surface area contributed by atoms with Crippen molar-refractivity contribution in [2.75, 3.05) is 19.6 Å². The zero-order chi connectivity index (χ0) is 16.4. The number of nitrogens with two attached hydrogens (primary N) is 1. The second-order valence-corrected chi connectivity index (χ2v) is 6.95. The van der Waals surface area contributed by atoms with Crippen molar-refractivity contribution in [2.24, 2.45) is 11.7 Å². The maximum absolute atomic E-state index is 12.6. The summed E-state index contributed by atoms with van der Waals surface area (Å²) in [5, 5.41) is -0.776. The average molecular weight is 378 g/mol. The molecule has 132 valence electrons. The summed E-state index contributed by atoms with van der Waals surface area (Å²) >= 11 is 0.724. The third-order valence-electron chi connectivity index (χ3n) is 4.22. The van der Waals surface area contributed by atoms with Crippen LogP contribution in [0.25, 0.3) is 0 Å². The summed E-state index contributed by atoms with van der Waals surface area (Å²) in [4.78, 5) is 6.30. The fourth-order valence-electron chi connectivity index (χ4n) is 3.14. The number of hydrogen-bond donors (Lipinski definition) is 1. The van der Waals surface area contributed by atoms with Crippen molar-refractivity contribution in [3.63, 3.8) is 0 Å². The Morgan fingerprint density at radius 2 is 1.92 bits per heavy atom. The second kappa shape index (κ2) is 7.82. The van der Waals surface area contributed by atoms with Gasteiger partial charge in [0.25, 0.3) is 0 Å². The van der Waals surface area contributed by atoms with Gasteiger partial charge in [0.05, 0.1) is 0 Å². The van der Waals surface area contributed by atoms with Gasteiger partial charge in [-0.05, 0) is 18.0 Å². The lowest BCUT2D eigenvalue weighted by molar-refractivity contribution is -0.137. The number of halogens is 4. The van der Waals surface area contributed by atoms with Crippen molar-refractivity contribution >= 4 is 23.7 Å². The van der Waals surface area contributed by atoms with Crippen molar-refractivity contribution in [1.82, 2.24) is 9.88 Å². The van der Waals surface area contributed by atoms with Crippen molar-refractivity contribution in [1.29, 1.82) is 0 Å². The van der Waals surface area contributed by atoms with Gasteiger partial charge in [0.2, 0.25) is 0 Å². The SMILES string of the molecule is Cl.NC[C@@H]1CN(Cc2cnc(C(F)(F)F)s2)C[C@H]1c1ccccc1. The fourth-order valence-corrected chi connectivity index (χ4v) is 3.96. The first-order chi connectivity index (χ1) is 11.0. The third kappa shape index (κ3) is 4.27. The Hall–Kier alpha value is -1.15. The lowest BCUT2D eigenvalue weighted by Gasteiger charge is -2.16. The summed E-state index contributed by atoms with van der Waals surface area (Å²) in [6.07, 6.45) is -3.03. The molecule has 0 spiro atoms. The number of benzene rings is 1. The molecule has 0 amide bonds. The molecule has 0 aliphatic carbocycles. The molecule has 1 aliphatic rings. The molecule has 2 heterocycles.